The van der Waals surface area contributed by atoms with Crippen LogP contribution in [0.4, 0.5) is 0 Å². The Morgan fingerprint density at radius 1 is 1.11 bits per heavy atom. The first-order valence-electron chi connectivity index (χ1n) is 2.82. The molecule has 0 unspecified atom stereocenters. The molecule has 0 spiro atoms. The van der Waals surface area contributed by atoms with Gasteiger partial charge in [0.1, 0.15) is 0 Å². The first kappa shape index (κ1) is 11.6. The first-order valence-corrected chi connectivity index (χ1v) is 2.82. The molecule has 0 fully saturated rings. The van der Waals surface area contributed by atoms with Crippen molar-refractivity contribution in [1.82, 2.24) is 0 Å². The van der Waals surface area contributed by atoms with E-state index in [1.807, 2.05) is 50.6 Å². The molecule has 1 radical (unpaired) electrons. The monoisotopic (exact) mass is 171 g/mol. The van der Waals surface area contributed by atoms with Crippen molar-refractivity contribution in [1.29, 1.82) is 0 Å². The van der Waals surface area contributed by atoms with Crippen molar-refractivity contribution in [2.45, 2.75) is 13.8 Å². The molecule has 0 aliphatic heterocycles. The van der Waals surface area contributed by atoms with Crippen LogP contribution in [-0.4, -0.2) is 0 Å². The molecule has 9 heavy (non-hydrogen) atoms. The minimum Gasteiger partial charge on any atom is -0.335 e. The predicted molar refractivity (Wildman–Crippen MR) is 37.7 cm³/mol. The number of hydrogen-bond acceptors (Lipinski definition) is 0. The Morgan fingerprint density at radius 2 is 1.44 bits per heavy atom. The summed E-state index contributed by atoms with van der Waals surface area (Å²) < 4.78 is 0. The van der Waals surface area contributed by atoms with Crippen LogP contribution in [0.1, 0.15) is 13.8 Å². The third-order valence-corrected chi connectivity index (χ3v) is 0.556. The van der Waals surface area contributed by atoms with Gasteiger partial charge >= 0.3 is 17.1 Å². The van der Waals surface area contributed by atoms with E-state index in [1.165, 1.54) is 0 Å². The van der Waals surface area contributed by atoms with Crippen molar-refractivity contribution in [2.24, 2.45) is 0 Å². The van der Waals surface area contributed by atoms with Gasteiger partial charge in [0.25, 0.3) is 0 Å². The average molecular weight is 172 g/mol. The fourth-order valence-corrected chi connectivity index (χ4v) is 0.321. The molecule has 0 aliphatic rings. The van der Waals surface area contributed by atoms with E-state index in [4.69, 9.17) is 0 Å². The van der Waals surface area contributed by atoms with Gasteiger partial charge in [-0.2, -0.15) is 32.0 Å². The fraction of sp³-hybridized carbons (Fsp3) is 0.250. The Balaban J connectivity index is 0. The van der Waals surface area contributed by atoms with Crippen molar-refractivity contribution in [3.63, 3.8) is 0 Å². The van der Waals surface area contributed by atoms with Crippen molar-refractivity contribution >= 4 is 0 Å². The summed E-state index contributed by atoms with van der Waals surface area (Å²) in [5.74, 6) is 0. The molecule has 0 aromatic heterocycles. The van der Waals surface area contributed by atoms with E-state index < -0.39 is 0 Å². The van der Waals surface area contributed by atoms with Gasteiger partial charge in [-0.1, -0.05) is 0 Å². The summed E-state index contributed by atoms with van der Waals surface area (Å²) in [5.41, 5.74) is 0. The molecule has 0 nitrogen and oxygen atoms in total. The zero-order valence-electron chi connectivity index (χ0n) is 5.77. The van der Waals surface area contributed by atoms with E-state index in [2.05, 4.69) is 0 Å². The molecular weight excluding hydrogens is 160 g/mol. The third-order valence-electron chi connectivity index (χ3n) is 0.556. The molecule has 1 aromatic carbocycles. The molecular formula is C8H12Cu. The molecule has 1 aromatic rings. The minimum absolute atomic E-state index is 0. The van der Waals surface area contributed by atoms with Gasteiger partial charge in [0.15, 0.2) is 0 Å². The summed E-state index contributed by atoms with van der Waals surface area (Å²) in [6, 6.07) is 10.0. The maximum Gasteiger partial charge on any atom is 2.00 e. The van der Waals surface area contributed by atoms with Gasteiger partial charge in [-0.3, -0.25) is 0 Å². The summed E-state index contributed by atoms with van der Waals surface area (Å²) in [5, 5.41) is 0. The van der Waals surface area contributed by atoms with Crippen LogP contribution in [-0.2, 0) is 17.1 Å². The van der Waals surface area contributed by atoms with Crippen LogP contribution in [0.25, 0.3) is 0 Å². The second-order valence-electron chi connectivity index (χ2n) is 1.54. The molecule has 55 valence electrons. The number of hydrogen-bond donors (Lipinski definition) is 0. The van der Waals surface area contributed by atoms with E-state index in [9.17, 15) is 0 Å². The van der Waals surface area contributed by atoms with Crippen molar-refractivity contribution in [3.8, 4) is 0 Å². The van der Waals surface area contributed by atoms with Crippen LogP contribution < -0.4 is 0 Å². The zero-order chi connectivity index (χ0) is 6.24. The van der Waals surface area contributed by atoms with Gasteiger partial charge in [-0.15, -0.1) is 0 Å². The van der Waals surface area contributed by atoms with Crippen molar-refractivity contribution in [3.05, 3.63) is 36.8 Å². The van der Waals surface area contributed by atoms with E-state index >= 15 is 0 Å². The van der Waals surface area contributed by atoms with Crippen LogP contribution >= 0.6 is 0 Å². The van der Waals surface area contributed by atoms with Gasteiger partial charge in [0.05, 0.1) is 0 Å². The summed E-state index contributed by atoms with van der Waals surface area (Å²) in [6.07, 6.45) is 2.00. The summed E-state index contributed by atoms with van der Waals surface area (Å²) >= 11 is 0. The fourth-order valence-electron chi connectivity index (χ4n) is 0.321. The predicted octanol–water partition coefficient (Wildman–Crippen LogP) is 2.63. The van der Waals surface area contributed by atoms with Gasteiger partial charge in [0, 0.05) is 0 Å². The second-order valence-corrected chi connectivity index (χ2v) is 1.54. The molecule has 0 saturated heterocycles. The zero-order valence-corrected chi connectivity index (χ0v) is 6.71. The smallest absolute Gasteiger partial charge is 0.335 e. The average Bonchev–Trinajstić information content (AvgIpc) is 2.17. The van der Waals surface area contributed by atoms with Gasteiger partial charge in [-0.25, -0.2) is 12.1 Å². The normalized spacial score (nSPS) is 6.44. The molecule has 0 aliphatic carbocycles. The van der Waals surface area contributed by atoms with E-state index in [1.54, 1.807) is 0 Å². The maximum atomic E-state index is 2.00. The standard InChI is InChI=1S/C5H5.C3H7.Cu/c1-2-4-5-3-1;1-3-2;/h1-5H;3H,1-2H3;/q2*-1;+2. The molecule has 0 saturated carbocycles. The van der Waals surface area contributed by atoms with E-state index in [-0.39, 0.29) is 17.1 Å². The Bertz CT molecular complexity index is 71.5. The largest absolute Gasteiger partial charge is 2.00 e. The topological polar surface area (TPSA) is 0 Å². The van der Waals surface area contributed by atoms with Gasteiger partial charge in [0.2, 0.25) is 0 Å². The van der Waals surface area contributed by atoms with Crippen LogP contribution in [0.15, 0.2) is 30.3 Å². The second kappa shape index (κ2) is 10.8. The molecule has 1 heteroatoms. The Kier molecular flexibility index (Phi) is 13.9. The van der Waals surface area contributed by atoms with Crippen molar-refractivity contribution < 1.29 is 17.1 Å². The van der Waals surface area contributed by atoms with Crippen LogP contribution in [0.3, 0.4) is 0 Å². The quantitative estimate of drug-likeness (QED) is 0.416. The summed E-state index contributed by atoms with van der Waals surface area (Å²) in [7, 11) is 0. The van der Waals surface area contributed by atoms with Crippen LogP contribution in [0, 0.1) is 6.42 Å². The molecule has 0 heterocycles. The van der Waals surface area contributed by atoms with Gasteiger partial charge in [-0.05, 0) is 0 Å². The Morgan fingerprint density at radius 3 is 1.56 bits per heavy atom. The van der Waals surface area contributed by atoms with Crippen LogP contribution in [0.2, 0.25) is 0 Å². The SMILES string of the molecule is C[CH-]C.[Cu+2].c1cc[cH-]c1. The summed E-state index contributed by atoms with van der Waals surface area (Å²) in [6.45, 7) is 4.00. The Labute approximate surface area is 68.1 Å². The van der Waals surface area contributed by atoms with Crippen molar-refractivity contribution in [2.75, 3.05) is 0 Å². The van der Waals surface area contributed by atoms with Gasteiger partial charge < -0.3 is 6.42 Å². The molecule has 1 rings (SSSR count). The Hall–Kier alpha value is -0.131. The maximum absolute atomic E-state index is 2.00. The summed E-state index contributed by atoms with van der Waals surface area (Å²) in [4.78, 5) is 0. The van der Waals surface area contributed by atoms with E-state index in [0.717, 1.165) is 0 Å². The molecule has 0 bridgehead atoms. The molecule has 0 N–H and O–H groups in total. The molecule has 0 atom stereocenters. The third kappa shape index (κ3) is 11.4. The first-order chi connectivity index (χ1) is 3.91. The minimum atomic E-state index is 0. The number of rotatable bonds is 0. The molecule has 0 amide bonds. The van der Waals surface area contributed by atoms with Crippen LogP contribution in [0.5, 0.6) is 0 Å². The van der Waals surface area contributed by atoms with E-state index in [0.29, 0.717) is 0 Å².